The van der Waals surface area contributed by atoms with Gasteiger partial charge in [0.15, 0.2) is 0 Å². The van der Waals surface area contributed by atoms with E-state index in [0.29, 0.717) is 17.9 Å². The molecule has 6 nitrogen and oxygen atoms in total. The van der Waals surface area contributed by atoms with Crippen molar-refractivity contribution in [2.24, 2.45) is 0 Å². The van der Waals surface area contributed by atoms with Crippen LogP contribution in [0.5, 0.6) is 5.75 Å². The van der Waals surface area contributed by atoms with Gasteiger partial charge in [0.1, 0.15) is 23.9 Å². The molecule has 2 rings (SSSR count). The Hall–Kier alpha value is -3.97. The Bertz CT molecular complexity index is 1030. The maximum atomic E-state index is 13.9. The molecule has 0 saturated heterocycles. The summed E-state index contributed by atoms with van der Waals surface area (Å²) in [5, 5.41) is 13.9. The number of nitrogens with one attached hydrogen (secondary N) is 2. The molecule has 2 amide bonds. The first-order valence-corrected chi connectivity index (χ1v) is 9.82. The number of halogens is 1. The highest BCUT2D eigenvalue weighted by Crippen LogP contribution is 2.16. The average molecular weight is 436 g/mol. The molecule has 0 radical (unpaired) electrons. The number of carbonyl (C=O) groups excluding carboxylic acids is 2. The van der Waals surface area contributed by atoms with Crippen molar-refractivity contribution in [1.29, 1.82) is 0 Å². The van der Waals surface area contributed by atoms with E-state index in [4.69, 9.17) is 9.84 Å². The van der Waals surface area contributed by atoms with Gasteiger partial charge in [-0.05, 0) is 41.5 Å². The smallest absolute Gasteiger partial charge is 0.267 e. The number of amides is 2. The molecule has 0 atom stereocenters. The highest BCUT2D eigenvalue weighted by Gasteiger charge is 2.16. The van der Waals surface area contributed by atoms with Gasteiger partial charge in [-0.3, -0.25) is 9.59 Å². The zero-order chi connectivity index (χ0) is 23.3. The van der Waals surface area contributed by atoms with Crippen LogP contribution in [0.25, 0.3) is 6.08 Å². The second kappa shape index (κ2) is 12.7. The Balaban J connectivity index is 2.20. The number of ether oxygens (including phenoxy) is 1. The van der Waals surface area contributed by atoms with Crippen LogP contribution in [0.3, 0.4) is 0 Å². The number of aliphatic hydroxyl groups is 1. The largest absolute Gasteiger partial charge is 0.489 e. The van der Waals surface area contributed by atoms with Gasteiger partial charge in [0.05, 0.1) is 12.2 Å². The first-order chi connectivity index (χ1) is 15.5. The van der Waals surface area contributed by atoms with Gasteiger partial charge in [0.25, 0.3) is 11.8 Å². The monoisotopic (exact) mass is 436 g/mol. The molecule has 32 heavy (non-hydrogen) atoms. The quantitative estimate of drug-likeness (QED) is 0.372. The van der Waals surface area contributed by atoms with Crippen LogP contribution in [0.2, 0.25) is 0 Å². The molecule has 0 aliphatic heterocycles. The van der Waals surface area contributed by atoms with E-state index in [2.05, 4.69) is 23.8 Å². The summed E-state index contributed by atoms with van der Waals surface area (Å²) in [7, 11) is 0. The molecule has 0 spiro atoms. The van der Waals surface area contributed by atoms with E-state index in [-0.39, 0.29) is 24.4 Å². The van der Waals surface area contributed by atoms with Crippen molar-refractivity contribution in [3.8, 4) is 5.75 Å². The highest BCUT2D eigenvalue weighted by molar-refractivity contribution is 6.05. The van der Waals surface area contributed by atoms with Gasteiger partial charge in [-0.1, -0.05) is 55.7 Å². The lowest BCUT2D eigenvalue weighted by atomic mass is 10.1. The van der Waals surface area contributed by atoms with E-state index in [1.165, 1.54) is 24.3 Å². The number of rotatable bonds is 11. The minimum atomic E-state index is -0.764. The van der Waals surface area contributed by atoms with Gasteiger partial charge in [-0.15, -0.1) is 0 Å². The zero-order valence-electron chi connectivity index (χ0n) is 17.5. The van der Waals surface area contributed by atoms with Crippen LogP contribution in [-0.2, 0) is 4.79 Å². The number of aliphatic hydroxyl groups excluding tert-OH is 1. The second-order valence-corrected chi connectivity index (χ2v) is 6.51. The van der Waals surface area contributed by atoms with Crippen LogP contribution < -0.4 is 15.4 Å². The molecule has 0 aromatic heterocycles. The van der Waals surface area contributed by atoms with E-state index >= 15 is 0 Å². The van der Waals surface area contributed by atoms with Crippen LogP contribution in [-0.4, -0.2) is 36.7 Å². The summed E-state index contributed by atoms with van der Waals surface area (Å²) in [6, 6.07) is 12.3. The summed E-state index contributed by atoms with van der Waals surface area (Å²) in [6.45, 7) is 7.40. The summed E-state index contributed by atoms with van der Waals surface area (Å²) in [4.78, 5) is 24.9. The predicted octanol–water partition coefficient (Wildman–Crippen LogP) is 3.38. The predicted molar refractivity (Wildman–Crippen MR) is 122 cm³/mol. The number of hydrogen-bond acceptors (Lipinski definition) is 4. The molecule has 0 bridgehead atoms. The molecule has 0 saturated carbocycles. The summed E-state index contributed by atoms with van der Waals surface area (Å²) in [6.07, 6.45) is 6.56. The minimum Gasteiger partial charge on any atom is -0.489 e. The number of carbonyl (C=O) groups is 2. The summed E-state index contributed by atoms with van der Waals surface area (Å²) in [5.74, 6) is -1.49. The lowest BCUT2D eigenvalue weighted by molar-refractivity contribution is -0.117. The Labute approximate surface area is 186 Å². The van der Waals surface area contributed by atoms with Crippen molar-refractivity contribution < 1.29 is 23.8 Å². The summed E-state index contributed by atoms with van der Waals surface area (Å²) in [5.41, 5.74) is 1.18. The fourth-order valence-corrected chi connectivity index (χ4v) is 2.58. The van der Waals surface area contributed by atoms with Crippen LogP contribution in [0, 0.1) is 5.82 Å². The molecule has 2 aromatic carbocycles. The maximum Gasteiger partial charge on any atom is 0.267 e. The zero-order valence-corrected chi connectivity index (χ0v) is 17.5. The number of hydrogen-bond donors (Lipinski definition) is 3. The van der Waals surface area contributed by atoms with Gasteiger partial charge < -0.3 is 20.5 Å². The van der Waals surface area contributed by atoms with E-state index < -0.39 is 17.6 Å². The second-order valence-electron chi connectivity index (χ2n) is 6.51. The third-order valence-corrected chi connectivity index (χ3v) is 4.20. The van der Waals surface area contributed by atoms with Crippen molar-refractivity contribution in [2.75, 3.05) is 19.8 Å². The van der Waals surface area contributed by atoms with Crippen molar-refractivity contribution in [3.05, 3.63) is 108 Å². The molecular formula is C25H25FN2O4. The van der Waals surface area contributed by atoms with Gasteiger partial charge >= 0.3 is 0 Å². The van der Waals surface area contributed by atoms with E-state index in [1.54, 1.807) is 42.5 Å². The first kappa shape index (κ1) is 24.3. The van der Waals surface area contributed by atoms with Gasteiger partial charge in [0, 0.05) is 6.54 Å². The van der Waals surface area contributed by atoms with Crippen LogP contribution in [0.4, 0.5) is 4.39 Å². The Morgan fingerprint density at radius 1 is 1.09 bits per heavy atom. The molecule has 3 N–H and O–H groups in total. The normalized spacial score (nSPS) is 11.4. The van der Waals surface area contributed by atoms with Gasteiger partial charge in [0.2, 0.25) is 0 Å². The van der Waals surface area contributed by atoms with E-state index in [9.17, 15) is 14.0 Å². The van der Waals surface area contributed by atoms with Gasteiger partial charge in [-0.2, -0.15) is 0 Å². The molecule has 2 aromatic rings. The molecule has 0 heterocycles. The van der Waals surface area contributed by atoms with Gasteiger partial charge in [-0.25, -0.2) is 4.39 Å². The van der Waals surface area contributed by atoms with Crippen LogP contribution >= 0.6 is 0 Å². The summed E-state index contributed by atoms with van der Waals surface area (Å²) >= 11 is 0. The molecule has 166 valence electrons. The van der Waals surface area contributed by atoms with Crippen LogP contribution in [0.1, 0.15) is 15.9 Å². The fourth-order valence-electron chi connectivity index (χ4n) is 2.58. The molecule has 0 aliphatic rings. The maximum absolute atomic E-state index is 13.9. The molecule has 0 aliphatic carbocycles. The van der Waals surface area contributed by atoms with Crippen molar-refractivity contribution in [2.45, 2.75) is 0 Å². The molecule has 0 fully saturated rings. The SMILES string of the molecule is C=CC=C(C=C)COc1ccc(C=C(NC(=O)c2ccccc2F)C(=O)NCCO)cc1. The molecule has 0 unspecified atom stereocenters. The van der Waals surface area contributed by atoms with Crippen LogP contribution in [0.15, 0.2) is 91.2 Å². The Morgan fingerprint density at radius 2 is 1.81 bits per heavy atom. The number of allylic oxidation sites excluding steroid dienone is 2. The fraction of sp³-hybridized carbons (Fsp3) is 0.120. The summed E-state index contributed by atoms with van der Waals surface area (Å²) < 4.78 is 19.6. The Kier molecular flexibility index (Phi) is 9.62. The van der Waals surface area contributed by atoms with Crippen molar-refractivity contribution in [3.63, 3.8) is 0 Å². The topological polar surface area (TPSA) is 87.7 Å². The lowest BCUT2D eigenvalue weighted by Crippen LogP contribution is -2.36. The third kappa shape index (κ3) is 7.37. The highest BCUT2D eigenvalue weighted by atomic mass is 19.1. The molecular weight excluding hydrogens is 411 g/mol. The number of benzene rings is 2. The average Bonchev–Trinajstić information content (AvgIpc) is 2.80. The van der Waals surface area contributed by atoms with E-state index in [1.807, 2.05) is 0 Å². The standard InChI is InChI=1S/C25H25FN2O4/c1-3-7-18(4-2)17-32-20-12-10-19(11-13-20)16-23(25(31)27-14-15-29)28-24(30)21-8-5-6-9-22(21)26/h3-13,16,29H,1-2,14-15,17H2,(H,27,31)(H,28,30). The lowest BCUT2D eigenvalue weighted by Gasteiger charge is -2.11. The molecule has 7 heteroatoms. The van der Waals surface area contributed by atoms with E-state index in [0.717, 1.165) is 11.6 Å². The Morgan fingerprint density at radius 3 is 2.44 bits per heavy atom. The van der Waals surface area contributed by atoms with Crippen molar-refractivity contribution >= 4 is 17.9 Å². The third-order valence-electron chi connectivity index (χ3n) is 4.20. The minimum absolute atomic E-state index is 0.00236. The first-order valence-electron chi connectivity index (χ1n) is 9.82. The van der Waals surface area contributed by atoms with Crippen molar-refractivity contribution in [1.82, 2.24) is 10.6 Å².